The van der Waals surface area contributed by atoms with Gasteiger partial charge in [0.05, 0.1) is 17.7 Å². The number of esters is 2. The van der Waals surface area contributed by atoms with Gasteiger partial charge in [0.25, 0.3) is 0 Å². The van der Waals surface area contributed by atoms with Crippen molar-refractivity contribution in [3.05, 3.63) is 83.4 Å². The van der Waals surface area contributed by atoms with Crippen LogP contribution in [0.25, 0.3) is 22.3 Å². The fraction of sp³-hybridized carbons (Fsp3) is 0.200. The summed E-state index contributed by atoms with van der Waals surface area (Å²) in [5, 5.41) is 0. The number of carbonyl (C=O) groups excluding carboxylic acids is 2. The van der Waals surface area contributed by atoms with E-state index in [4.69, 9.17) is 4.74 Å². The van der Waals surface area contributed by atoms with Crippen LogP contribution in [-0.2, 0) is 9.47 Å². The van der Waals surface area contributed by atoms with Crippen LogP contribution in [0.3, 0.4) is 0 Å². The molecule has 0 heterocycles. The van der Waals surface area contributed by atoms with Gasteiger partial charge in [-0.25, -0.2) is 18.4 Å². The molecule has 0 saturated heterocycles. The predicted molar refractivity (Wildman–Crippen MR) is 114 cm³/mol. The summed E-state index contributed by atoms with van der Waals surface area (Å²) in [6.07, 6.45) is -7.13. The van der Waals surface area contributed by atoms with Crippen LogP contribution >= 0.6 is 0 Å². The molecule has 0 aliphatic heterocycles. The summed E-state index contributed by atoms with van der Waals surface area (Å²) < 4.78 is 75.5. The molecule has 178 valence electrons. The van der Waals surface area contributed by atoms with Gasteiger partial charge in [-0.2, -0.15) is 13.2 Å². The maximum absolute atomic E-state index is 14.4. The highest BCUT2D eigenvalue weighted by Gasteiger charge is 2.39. The Labute approximate surface area is 191 Å². The van der Waals surface area contributed by atoms with Crippen molar-refractivity contribution in [2.45, 2.75) is 26.1 Å². The normalized spacial score (nSPS) is 12.2. The molecule has 0 saturated carbocycles. The maximum Gasteiger partial charge on any atom is 0.425 e. The molecule has 0 spiro atoms. The molecule has 0 aliphatic carbocycles. The van der Waals surface area contributed by atoms with E-state index >= 15 is 0 Å². The van der Waals surface area contributed by atoms with E-state index < -0.39 is 41.4 Å². The second-order valence-electron chi connectivity index (χ2n) is 7.28. The Morgan fingerprint density at radius 3 is 1.56 bits per heavy atom. The lowest BCUT2D eigenvalue weighted by Crippen LogP contribution is -2.31. The molecule has 0 amide bonds. The van der Waals surface area contributed by atoms with Gasteiger partial charge in [-0.05, 0) is 60.4 Å². The van der Waals surface area contributed by atoms with E-state index in [-0.39, 0.29) is 12.2 Å². The van der Waals surface area contributed by atoms with Gasteiger partial charge in [0, 0.05) is 0 Å². The van der Waals surface area contributed by atoms with Crippen molar-refractivity contribution in [2.75, 3.05) is 6.61 Å². The fourth-order valence-electron chi connectivity index (χ4n) is 3.08. The molecule has 4 nitrogen and oxygen atoms in total. The van der Waals surface area contributed by atoms with E-state index in [0.717, 1.165) is 12.1 Å². The van der Waals surface area contributed by atoms with E-state index in [1.807, 2.05) is 0 Å². The van der Waals surface area contributed by atoms with Crippen LogP contribution in [0.5, 0.6) is 0 Å². The molecule has 3 aromatic rings. The van der Waals surface area contributed by atoms with Crippen molar-refractivity contribution in [2.24, 2.45) is 0 Å². The Morgan fingerprint density at radius 1 is 0.765 bits per heavy atom. The highest BCUT2D eigenvalue weighted by atomic mass is 19.4. The number of alkyl halides is 3. The van der Waals surface area contributed by atoms with Crippen molar-refractivity contribution in [3.8, 4) is 22.3 Å². The zero-order valence-corrected chi connectivity index (χ0v) is 18.1. The van der Waals surface area contributed by atoms with E-state index in [0.29, 0.717) is 29.2 Å². The van der Waals surface area contributed by atoms with Crippen molar-refractivity contribution >= 4 is 11.9 Å². The van der Waals surface area contributed by atoms with Crippen LogP contribution in [0, 0.1) is 11.6 Å². The molecule has 34 heavy (non-hydrogen) atoms. The van der Waals surface area contributed by atoms with Gasteiger partial charge in [0.15, 0.2) is 6.10 Å². The molecule has 3 aromatic carbocycles. The van der Waals surface area contributed by atoms with E-state index in [2.05, 4.69) is 4.74 Å². The lowest BCUT2D eigenvalue weighted by molar-refractivity contribution is -0.198. The topological polar surface area (TPSA) is 52.6 Å². The summed E-state index contributed by atoms with van der Waals surface area (Å²) in [5.41, 5.74) is 1.25. The van der Waals surface area contributed by atoms with Crippen LogP contribution in [-0.4, -0.2) is 30.8 Å². The predicted octanol–water partition coefficient (Wildman–Crippen LogP) is 6.58. The Hall–Kier alpha value is -3.75. The van der Waals surface area contributed by atoms with Crippen LogP contribution in [0.2, 0.25) is 0 Å². The first-order valence-corrected chi connectivity index (χ1v) is 10.2. The molecule has 0 unspecified atom stereocenters. The maximum atomic E-state index is 14.4. The minimum Gasteiger partial charge on any atom is -0.462 e. The summed E-state index contributed by atoms with van der Waals surface area (Å²) in [5.74, 6) is -3.94. The average Bonchev–Trinajstić information content (AvgIpc) is 2.78. The SMILES string of the molecule is CCOC(=O)c1ccc(-c2ccc(-c3ccc(C(=O)O[C@@H](C)C(F)(F)F)c(F)c3)cc2)cc1F. The first-order valence-electron chi connectivity index (χ1n) is 10.2. The Bertz CT molecular complexity index is 1200. The second kappa shape index (κ2) is 10.0. The largest absolute Gasteiger partial charge is 0.462 e. The number of rotatable bonds is 6. The number of carbonyl (C=O) groups is 2. The van der Waals surface area contributed by atoms with Gasteiger partial charge >= 0.3 is 18.1 Å². The minimum atomic E-state index is -4.75. The van der Waals surface area contributed by atoms with Crippen LogP contribution in [0.1, 0.15) is 34.6 Å². The quantitative estimate of drug-likeness (QED) is 0.297. The summed E-state index contributed by atoms with van der Waals surface area (Å²) in [7, 11) is 0. The standard InChI is InChI=1S/C25H19F5O4/c1-3-33-23(31)19-10-8-17(12-21(19)26)15-4-6-16(7-5-15)18-9-11-20(22(27)13-18)24(32)34-14(2)25(28,29)30/h4-14H,3H2,1-2H3/t14-/m0/s1. The van der Waals surface area contributed by atoms with Crippen molar-refractivity contribution in [3.63, 3.8) is 0 Å². The average molecular weight is 478 g/mol. The van der Waals surface area contributed by atoms with Crippen LogP contribution < -0.4 is 0 Å². The highest BCUT2D eigenvalue weighted by molar-refractivity contribution is 5.91. The molecular formula is C25H19F5O4. The lowest BCUT2D eigenvalue weighted by Gasteiger charge is -2.16. The van der Waals surface area contributed by atoms with Crippen molar-refractivity contribution in [1.29, 1.82) is 0 Å². The zero-order valence-electron chi connectivity index (χ0n) is 18.1. The van der Waals surface area contributed by atoms with Gasteiger partial charge in [-0.3, -0.25) is 0 Å². The Balaban J connectivity index is 1.79. The first-order chi connectivity index (χ1) is 16.0. The van der Waals surface area contributed by atoms with Crippen molar-refractivity contribution in [1.82, 2.24) is 0 Å². The second-order valence-corrected chi connectivity index (χ2v) is 7.28. The number of benzene rings is 3. The van der Waals surface area contributed by atoms with E-state index in [1.54, 1.807) is 37.3 Å². The summed E-state index contributed by atoms with van der Waals surface area (Å²) in [4.78, 5) is 23.6. The third-order valence-corrected chi connectivity index (χ3v) is 4.95. The smallest absolute Gasteiger partial charge is 0.425 e. The van der Waals surface area contributed by atoms with E-state index in [9.17, 15) is 31.5 Å². The highest BCUT2D eigenvalue weighted by Crippen LogP contribution is 2.28. The Kier molecular flexibility index (Phi) is 7.34. The van der Waals surface area contributed by atoms with Gasteiger partial charge in [-0.15, -0.1) is 0 Å². The number of hydrogen-bond acceptors (Lipinski definition) is 4. The number of hydrogen-bond donors (Lipinski definition) is 0. The van der Waals surface area contributed by atoms with Gasteiger partial charge in [-0.1, -0.05) is 36.4 Å². The summed E-state index contributed by atoms with van der Waals surface area (Å²) in [6, 6.07) is 14.1. The van der Waals surface area contributed by atoms with Crippen LogP contribution in [0.15, 0.2) is 60.7 Å². The van der Waals surface area contributed by atoms with E-state index in [1.165, 1.54) is 18.2 Å². The summed E-state index contributed by atoms with van der Waals surface area (Å²) in [6.45, 7) is 2.39. The molecule has 9 heteroatoms. The van der Waals surface area contributed by atoms with Crippen LogP contribution in [0.4, 0.5) is 22.0 Å². The molecule has 0 aliphatic rings. The number of ether oxygens (including phenoxy) is 2. The summed E-state index contributed by atoms with van der Waals surface area (Å²) >= 11 is 0. The number of halogens is 5. The molecule has 1 atom stereocenters. The van der Waals surface area contributed by atoms with Gasteiger partial charge in [0.2, 0.25) is 0 Å². The third-order valence-electron chi connectivity index (χ3n) is 4.95. The van der Waals surface area contributed by atoms with Gasteiger partial charge < -0.3 is 9.47 Å². The molecule has 0 radical (unpaired) electrons. The molecule has 0 fully saturated rings. The molecule has 0 bridgehead atoms. The fourth-order valence-corrected chi connectivity index (χ4v) is 3.08. The molecular weight excluding hydrogens is 459 g/mol. The zero-order chi connectivity index (χ0) is 25.0. The van der Waals surface area contributed by atoms with Gasteiger partial charge in [0.1, 0.15) is 11.6 Å². The first kappa shape index (κ1) is 24.9. The third kappa shape index (κ3) is 5.59. The Morgan fingerprint density at radius 2 is 1.18 bits per heavy atom. The minimum absolute atomic E-state index is 0.122. The van der Waals surface area contributed by atoms with Crippen molar-refractivity contribution < 1.29 is 41.0 Å². The molecule has 0 N–H and O–H groups in total. The monoisotopic (exact) mass is 478 g/mol. The lowest BCUT2D eigenvalue weighted by atomic mass is 9.98. The molecule has 3 rings (SSSR count). The molecule has 0 aromatic heterocycles.